The lowest BCUT2D eigenvalue weighted by molar-refractivity contribution is 0.244. The normalized spacial score (nSPS) is 10.8. The minimum atomic E-state index is -0.145. The van der Waals surface area contributed by atoms with Crippen LogP contribution in [0.4, 0.5) is 0 Å². The van der Waals surface area contributed by atoms with Crippen LogP contribution in [-0.2, 0) is 6.61 Å². The van der Waals surface area contributed by atoms with Gasteiger partial charge in [-0.1, -0.05) is 6.07 Å². The number of fused-ring (bicyclic) bond motifs is 1. The maximum Gasteiger partial charge on any atom is 0.221 e. The number of nitrogens with zero attached hydrogens (tertiary/aromatic N) is 1. The van der Waals surface area contributed by atoms with Gasteiger partial charge in [-0.3, -0.25) is 0 Å². The van der Waals surface area contributed by atoms with Gasteiger partial charge < -0.3 is 9.52 Å². The molecule has 1 N–H and O–H groups in total. The molecule has 0 aliphatic heterocycles. The maximum absolute atomic E-state index is 8.75. The Morgan fingerprint density at radius 2 is 2.33 bits per heavy atom. The molecular weight excluding hydrogens is 154 g/mol. The Morgan fingerprint density at radius 3 is 3.08 bits per heavy atom. The molecule has 0 fully saturated rings. The van der Waals surface area contributed by atoms with E-state index < -0.39 is 0 Å². The number of aromatic nitrogens is 1. The number of hydrogen-bond donors (Lipinski definition) is 1. The minimum Gasteiger partial charge on any atom is -0.438 e. The lowest BCUT2D eigenvalue weighted by atomic mass is 10.2. The average molecular weight is 163 g/mol. The van der Waals surface area contributed by atoms with Gasteiger partial charge in [0.25, 0.3) is 0 Å². The number of aliphatic hydroxyl groups excluding tert-OH is 1. The summed E-state index contributed by atoms with van der Waals surface area (Å²) in [4.78, 5) is 4.06. The summed E-state index contributed by atoms with van der Waals surface area (Å²) in [7, 11) is 0. The number of aliphatic hydroxyl groups is 1. The largest absolute Gasteiger partial charge is 0.438 e. The Bertz CT molecular complexity index is 406. The number of hydrogen-bond acceptors (Lipinski definition) is 3. The first-order valence-electron chi connectivity index (χ1n) is 3.76. The van der Waals surface area contributed by atoms with Crippen LogP contribution in [-0.4, -0.2) is 10.1 Å². The van der Waals surface area contributed by atoms with Gasteiger partial charge in [0, 0.05) is 0 Å². The van der Waals surface area contributed by atoms with Crippen molar-refractivity contribution in [3.05, 3.63) is 29.7 Å². The molecule has 0 amide bonds. The number of aryl methyl sites for hydroxylation is 1. The van der Waals surface area contributed by atoms with Crippen LogP contribution in [0.3, 0.4) is 0 Å². The van der Waals surface area contributed by atoms with Crippen molar-refractivity contribution in [2.45, 2.75) is 13.5 Å². The van der Waals surface area contributed by atoms with E-state index in [1.54, 1.807) is 0 Å². The molecule has 3 nitrogen and oxygen atoms in total. The van der Waals surface area contributed by atoms with Gasteiger partial charge in [0.15, 0.2) is 5.58 Å². The third-order valence-electron chi connectivity index (χ3n) is 1.72. The first-order chi connectivity index (χ1) is 5.79. The predicted molar refractivity (Wildman–Crippen MR) is 44.7 cm³/mol. The van der Waals surface area contributed by atoms with Crippen LogP contribution in [0.2, 0.25) is 0 Å². The standard InChI is InChI=1S/C9H9NO2/c1-6-2-3-7-8(4-6)12-9(5-11)10-7/h2-4,11H,5H2,1H3. The minimum absolute atomic E-state index is 0.145. The fourth-order valence-electron chi connectivity index (χ4n) is 1.15. The second-order valence-electron chi connectivity index (χ2n) is 2.74. The fourth-order valence-corrected chi connectivity index (χ4v) is 1.15. The molecule has 0 aliphatic carbocycles. The molecule has 0 bridgehead atoms. The third kappa shape index (κ3) is 1.08. The first-order valence-corrected chi connectivity index (χ1v) is 3.76. The molecule has 62 valence electrons. The van der Waals surface area contributed by atoms with Gasteiger partial charge in [-0.15, -0.1) is 0 Å². The molecule has 2 rings (SSSR count). The Kier molecular flexibility index (Phi) is 1.59. The monoisotopic (exact) mass is 163 g/mol. The zero-order valence-corrected chi connectivity index (χ0v) is 6.74. The second kappa shape index (κ2) is 2.60. The van der Waals surface area contributed by atoms with Crippen molar-refractivity contribution in [2.75, 3.05) is 0 Å². The van der Waals surface area contributed by atoms with E-state index in [0.29, 0.717) is 5.89 Å². The Hall–Kier alpha value is -1.35. The van der Waals surface area contributed by atoms with E-state index in [-0.39, 0.29) is 6.61 Å². The maximum atomic E-state index is 8.75. The molecule has 0 unspecified atom stereocenters. The van der Waals surface area contributed by atoms with Crippen LogP contribution >= 0.6 is 0 Å². The molecule has 1 aromatic carbocycles. The molecular formula is C9H9NO2. The molecule has 3 heteroatoms. The van der Waals surface area contributed by atoms with Crippen molar-refractivity contribution in [2.24, 2.45) is 0 Å². The highest BCUT2D eigenvalue weighted by Gasteiger charge is 2.03. The van der Waals surface area contributed by atoms with E-state index in [4.69, 9.17) is 9.52 Å². The SMILES string of the molecule is Cc1ccc2nc(CO)oc2c1. The highest BCUT2D eigenvalue weighted by atomic mass is 16.4. The van der Waals surface area contributed by atoms with Gasteiger partial charge >= 0.3 is 0 Å². The number of rotatable bonds is 1. The predicted octanol–water partition coefficient (Wildman–Crippen LogP) is 1.63. The van der Waals surface area contributed by atoms with Gasteiger partial charge in [0.05, 0.1) is 0 Å². The molecule has 2 aromatic rings. The van der Waals surface area contributed by atoms with E-state index >= 15 is 0 Å². The van der Waals surface area contributed by atoms with Crippen LogP contribution in [0.25, 0.3) is 11.1 Å². The lowest BCUT2D eigenvalue weighted by Crippen LogP contribution is -1.78. The number of oxazole rings is 1. The van der Waals surface area contributed by atoms with Crippen molar-refractivity contribution < 1.29 is 9.52 Å². The lowest BCUT2D eigenvalue weighted by Gasteiger charge is -1.87. The smallest absolute Gasteiger partial charge is 0.221 e. The molecule has 0 saturated heterocycles. The first kappa shape index (κ1) is 7.31. The van der Waals surface area contributed by atoms with Gasteiger partial charge in [-0.05, 0) is 24.6 Å². The average Bonchev–Trinajstić information content (AvgIpc) is 2.46. The van der Waals surface area contributed by atoms with Crippen molar-refractivity contribution in [1.29, 1.82) is 0 Å². The van der Waals surface area contributed by atoms with Crippen LogP contribution in [0.5, 0.6) is 0 Å². The van der Waals surface area contributed by atoms with E-state index in [1.807, 2.05) is 25.1 Å². The Balaban J connectivity index is 2.67. The van der Waals surface area contributed by atoms with Crippen molar-refractivity contribution in [1.82, 2.24) is 4.98 Å². The summed E-state index contributed by atoms with van der Waals surface area (Å²) in [6.07, 6.45) is 0. The van der Waals surface area contributed by atoms with Gasteiger partial charge in [-0.25, -0.2) is 4.98 Å². The van der Waals surface area contributed by atoms with Crippen molar-refractivity contribution >= 4 is 11.1 Å². The van der Waals surface area contributed by atoms with Crippen LogP contribution < -0.4 is 0 Å². The summed E-state index contributed by atoms with van der Waals surface area (Å²) in [5.41, 5.74) is 2.66. The van der Waals surface area contributed by atoms with Gasteiger partial charge in [0.2, 0.25) is 5.89 Å². The van der Waals surface area contributed by atoms with Gasteiger partial charge in [0.1, 0.15) is 12.1 Å². The molecule has 0 radical (unpaired) electrons. The molecule has 1 aromatic heterocycles. The topological polar surface area (TPSA) is 46.3 Å². The summed E-state index contributed by atoms with van der Waals surface area (Å²) in [6.45, 7) is 1.84. The molecule has 0 aliphatic rings. The highest BCUT2D eigenvalue weighted by molar-refractivity contribution is 5.73. The molecule has 0 saturated carbocycles. The van der Waals surface area contributed by atoms with E-state index in [9.17, 15) is 0 Å². The zero-order valence-electron chi connectivity index (χ0n) is 6.74. The summed E-state index contributed by atoms with van der Waals surface area (Å²) >= 11 is 0. The third-order valence-corrected chi connectivity index (χ3v) is 1.72. The molecule has 0 atom stereocenters. The molecule has 0 spiro atoms. The summed E-state index contributed by atoms with van der Waals surface area (Å²) in [5, 5.41) is 8.75. The zero-order chi connectivity index (χ0) is 8.55. The van der Waals surface area contributed by atoms with Gasteiger partial charge in [-0.2, -0.15) is 0 Å². The number of benzene rings is 1. The quantitative estimate of drug-likeness (QED) is 0.695. The summed E-state index contributed by atoms with van der Waals surface area (Å²) in [5.74, 6) is 0.371. The fraction of sp³-hybridized carbons (Fsp3) is 0.222. The van der Waals surface area contributed by atoms with Crippen molar-refractivity contribution in [3.8, 4) is 0 Å². The second-order valence-corrected chi connectivity index (χ2v) is 2.74. The van der Waals surface area contributed by atoms with Crippen LogP contribution in [0.1, 0.15) is 11.5 Å². The van der Waals surface area contributed by atoms with Crippen LogP contribution in [0.15, 0.2) is 22.6 Å². The van der Waals surface area contributed by atoms with E-state index in [0.717, 1.165) is 16.7 Å². The molecule has 1 heterocycles. The Morgan fingerprint density at radius 1 is 1.50 bits per heavy atom. The van der Waals surface area contributed by atoms with Crippen LogP contribution in [0, 0.1) is 6.92 Å². The summed E-state index contributed by atoms with van der Waals surface area (Å²) in [6, 6.07) is 5.75. The summed E-state index contributed by atoms with van der Waals surface area (Å²) < 4.78 is 5.24. The molecule has 12 heavy (non-hydrogen) atoms. The highest BCUT2D eigenvalue weighted by Crippen LogP contribution is 2.16. The van der Waals surface area contributed by atoms with Crippen molar-refractivity contribution in [3.63, 3.8) is 0 Å². The van der Waals surface area contributed by atoms with E-state index in [2.05, 4.69) is 4.98 Å². The van der Waals surface area contributed by atoms with E-state index in [1.165, 1.54) is 0 Å². The Labute approximate surface area is 69.7 Å².